The maximum Gasteiger partial charge on any atom is 0.339 e. The summed E-state index contributed by atoms with van der Waals surface area (Å²) in [6, 6.07) is 5.40. The van der Waals surface area contributed by atoms with Gasteiger partial charge in [-0.2, -0.15) is 4.98 Å². The predicted octanol–water partition coefficient (Wildman–Crippen LogP) is 1.61. The van der Waals surface area contributed by atoms with E-state index >= 15 is 0 Å². The van der Waals surface area contributed by atoms with Crippen molar-refractivity contribution in [3.05, 3.63) is 29.8 Å². The van der Waals surface area contributed by atoms with E-state index in [1.54, 1.807) is 6.92 Å². The Morgan fingerprint density at radius 2 is 1.79 bits per heavy atom. The number of nitrogens with two attached hydrogens (primary N) is 1. The molecule has 0 atom stereocenters. The van der Waals surface area contributed by atoms with Gasteiger partial charge >= 0.3 is 5.97 Å². The topological polar surface area (TPSA) is 138 Å². The number of rotatable bonds is 7. The third kappa shape index (κ3) is 3.94. The number of anilines is 1. The Balaban J connectivity index is 2.63. The second-order valence-electron chi connectivity index (χ2n) is 5.24. The molecule has 148 valence electrons. The lowest BCUT2D eigenvalue weighted by Crippen LogP contribution is -2.16. The highest BCUT2D eigenvalue weighted by molar-refractivity contribution is 7.91. The molecule has 0 amide bonds. The fraction of sp³-hybridized carbons (Fsp3) is 0.222. The van der Waals surface area contributed by atoms with Crippen LogP contribution in [-0.2, 0) is 9.84 Å². The molecular formula is C18H18N2O7S. The van der Waals surface area contributed by atoms with Gasteiger partial charge in [0.1, 0.15) is 23.6 Å². The van der Waals surface area contributed by atoms with Crippen molar-refractivity contribution < 1.29 is 32.5 Å². The normalized spacial score (nSPS) is 10.5. The molecule has 0 aliphatic rings. The summed E-state index contributed by atoms with van der Waals surface area (Å²) in [5.41, 5.74) is 4.66. The van der Waals surface area contributed by atoms with Crippen LogP contribution in [0.15, 0.2) is 34.1 Å². The molecule has 28 heavy (non-hydrogen) atoms. The van der Waals surface area contributed by atoms with Gasteiger partial charge in [0.05, 0.1) is 19.1 Å². The van der Waals surface area contributed by atoms with Crippen LogP contribution in [-0.4, -0.2) is 45.3 Å². The van der Waals surface area contributed by atoms with Crippen LogP contribution in [0.2, 0.25) is 0 Å². The number of carbonyl (C=O) groups is 1. The standard InChI is InChI=1S/C18H18N2O7S/c1-4-5-10-27-11-6-8-12(9-7-11)28(23,24)15-13(18(21)22)14(19)16(25-2)20-17(15)26-3/h6-9H,10,19H2,1-3H3,(H,21,22). The lowest BCUT2D eigenvalue weighted by molar-refractivity contribution is 0.0692. The van der Waals surface area contributed by atoms with Gasteiger partial charge in [-0.3, -0.25) is 0 Å². The molecule has 0 fully saturated rings. The molecule has 0 aliphatic carbocycles. The summed E-state index contributed by atoms with van der Waals surface area (Å²) < 4.78 is 41.5. The molecule has 0 aliphatic heterocycles. The van der Waals surface area contributed by atoms with Crippen molar-refractivity contribution in [3.8, 4) is 29.4 Å². The first-order chi connectivity index (χ1) is 13.3. The summed E-state index contributed by atoms with van der Waals surface area (Å²) in [6.07, 6.45) is 0. The van der Waals surface area contributed by atoms with Crippen LogP contribution in [0.1, 0.15) is 17.3 Å². The molecule has 1 aromatic heterocycles. The van der Waals surface area contributed by atoms with Crippen LogP contribution in [0.5, 0.6) is 17.5 Å². The predicted molar refractivity (Wildman–Crippen MR) is 99.6 cm³/mol. The molecule has 2 rings (SSSR count). The van der Waals surface area contributed by atoms with Crippen LogP contribution < -0.4 is 19.9 Å². The molecule has 2 aromatic rings. The fourth-order valence-corrected chi connectivity index (χ4v) is 3.87. The lowest BCUT2D eigenvalue weighted by atomic mass is 10.2. The van der Waals surface area contributed by atoms with Crippen LogP contribution in [0.3, 0.4) is 0 Å². The van der Waals surface area contributed by atoms with Gasteiger partial charge in [-0.05, 0) is 31.2 Å². The van der Waals surface area contributed by atoms with Gasteiger partial charge in [0.15, 0.2) is 4.90 Å². The van der Waals surface area contributed by atoms with Gasteiger partial charge in [0, 0.05) is 0 Å². The number of hydrogen-bond donors (Lipinski definition) is 2. The zero-order valence-corrected chi connectivity index (χ0v) is 16.2. The van der Waals surface area contributed by atoms with E-state index in [0.717, 1.165) is 7.11 Å². The van der Waals surface area contributed by atoms with Crippen LogP contribution in [0.4, 0.5) is 5.69 Å². The van der Waals surface area contributed by atoms with Crippen molar-refractivity contribution >= 4 is 21.5 Å². The Morgan fingerprint density at radius 1 is 1.18 bits per heavy atom. The third-order valence-corrected chi connectivity index (χ3v) is 5.42. The smallest absolute Gasteiger partial charge is 0.339 e. The molecule has 0 bridgehead atoms. The van der Waals surface area contributed by atoms with E-state index in [9.17, 15) is 18.3 Å². The van der Waals surface area contributed by atoms with E-state index in [1.165, 1.54) is 31.4 Å². The van der Waals surface area contributed by atoms with Crippen LogP contribution in [0.25, 0.3) is 0 Å². The second-order valence-corrected chi connectivity index (χ2v) is 7.13. The molecule has 10 heteroatoms. The number of nitrogens with zero attached hydrogens (tertiary/aromatic N) is 1. The Bertz CT molecular complexity index is 1050. The molecule has 9 nitrogen and oxygen atoms in total. The monoisotopic (exact) mass is 406 g/mol. The highest BCUT2D eigenvalue weighted by Crippen LogP contribution is 2.38. The summed E-state index contributed by atoms with van der Waals surface area (Å²) in [5, 5.41) is 9.55. The fourth-order valence-electron chi connectivity index (χ4n) is 2.32. The Hall–Kier alpha value is -3.45. The highest BCUT2D eigenvalue weighted by Gasteiger charge is 2.34. The summed E-state index contributed by atoms with van der Waals surface area (Å²) in [4.78, 5) is 14.8. The van der Waals surface area contributed by atoms with Gasteiger partial charge in [0.2, 0.25) is 21.6 Å². The molecule has 1 aromatic carbocycles. The number of sulfone groups is 1. The van der Waals surface area contributed by atoms with E-state index < -0.39 is 37.8 Å². The molecular weight excluding hydrogens is 388 g/mol. The molecule has 0 saturated carbocycles. The Labute approximate surface area is 162 Å². The zero-order chi connectivity index (χ0) is 20.9. The van der Waals surface area contributed by atoms with Crippen molar-refractivity contribution in [1.29, 1.82) is 0 Å². The summed E-state index contributed by atoms with van der Waals surface area (Å²) in [6.45, 7) is 1.82. The van der Waals surface area contributed by atoms with Crippen molar-refractivity contribution in [1.82, 2.24) is 4.98 Å². The Kier molecular flexibility index (Phi) is 6.33. The van der Waals surface area contributed by atoms with Gasteiger partial charge in [-0.1, -0.05) is 5.92 Å². The maximum absolute atomic E-state index is 13.1. The van der Waals surface area contributed by atoms with E-state index in [4.69, 9.17) is 19.9 Å². The molecule has 0 unspecified atom stereocenters. The number of ether oxygens (including phenoxy) is 3. The highest BCUT2D eigenvalue weighted by atomic mass is 32.2. The maximum atomic E-state index is 13.1. The number of aromatic carboxylic acids is 1. The Morgan fingerprint density at radius 3 is 2.29 bits per heavy atom. The van der Waals surface area contributed by atoms with Gasteiger partial charge in [-0.25, -0.2) is 13.2 Å². The number of pyridine rings is 1. The summed E-state index contributed by atoms with van der Waals surface area (Å²) >= 11 is 0. The molecule has 0 radical (unpaired) electrons. The SMILES string of the molecule is CC#CCOc1ccc(S(=O)(=O)c2c(OC)nc(OC)c(N)c2C(=O)O)cc1. The third-order valence-electron chi connectivity index (χ3n) is 3.62. The molecule has 3 N–H and O–H groups in total. The van der Waals surface area contributed by atoms with Crippen molar-refractivity contribution in [2.45, 2.75) is 16.7 Å². The first-order valence-electron chi connectivity index (χ1n) is 7.80. The average molecular weight is 406 g/mol. The molecule has 1 heterocycles. The quantitative estimate of drug-likeness (QED) is 0.657. The number of carboxylic acid groups (broad SMARTS) is 1. The van der Waals surface area contributed by atoms with Crippen molar-refractivity contribution in [2.24, 2.45) is 0 Å². The largest absolute Gasteiger partial charge is 0.481 e. The number of aromatic nitrogens is 1. The summed E-state index contributed by atoms with van der Waals surface area (Å²) in [7, 11) is -1.95. The zero-order valence-electron chi connectivity index (χ0n) is 15.3. The first-order valence-corrected chi connectivity index (χ1v) is 9.28. The second kappa shape index (κ2) is 8.49. The minimum absolute atomic E-state index is 0.151. The lowest BCUT2D eigenvalue weighted by Gasteiger charge is -2.15. The van der Waals surface area contributed by atoms with Crippen molar-refractivity contribution in [2.75, 3.05) is 26.6 Å². The first kappa shape index (κ1) is 20.9. The van der Waals surface area contributed by atoms with E-state index in [0.29, 0.717) is 5.75 Å². The number of nitrogen functional groups attached to an aromatic ring is 1. The minimum atomic E-state index is -4.33. The van der Waals surface area contributed by atoms with Crippen LogP contribution >= 0.6 is 0 Å². The number of methoxy groups -OCH3 is 2. The van der Waals surface area contributed by atoms with E-state index in [1.807, 2.05) is 0 Å². The summed E-state index contributed by atoms with van der Waals surface area (Å²) in [5.74, 6) is 3.53. The van der Waals surface area contributed by atoms with Gasteiger partial charge in [-0.15, -0.1) is 5.92 Å². The van der Waals surface area contributed by atoms with E-state index in [2.05, 4.69) is 16.8 Å². The van der Waals surface area contributed by atoms with Gasteiger partial charge < -0.3 is 25.1 Å². The van der Waals surface area contributed by atoms with Gasteiger partial charge in [0.25, 0.3) is 0 Å². The average Bonchev–Trinajstić information content (AvgIpc) is 2.67. The molecule has 0 saturated heterocycles. The minimum Gasteiger partial charge on any atom is -0.481 e. The van der Waals surface area contributed by atoms with Crippen LogP contribution in [0, 0.1) is 11.8 Å². The van der Waals surface area contributed by atoms with Crippen molar-refractivity contribution in [3.63, 3.8) is 0 Å². The number of carboxylic acids is 1. The number of benzene rings is 1. The van der Waals surface area contributed by atoms with E-state index in [-0.39, 0.29) is 17.4 Å². The molecule has 0 spiro atoms. The number of hydrogen-bond acceptors (Lipinski definition) is 8.